The van der Waals surface area contributed by atoms with Crippen LogP contribution < -0.4 is 5.32 Å². The van der Waals surface area contributed by atoms with Crippen LogP contribution in [0, 0.1) is 6.92 Å². The van der Waals surface area contributed by atoms with Crippen LogP contribution in [-0.4, -0.2) is 21.3 Å². The van der Waals surface area contributed by atoms with E-state index in [0.29, 0.717) is 6.54 Å². The van der Waals surface area contributed by atoms with Crippen LogP contribution in [0.15, 0.2) is 35.1 Å². The molecule has 5 heteroatoms. The molecule has 0 saturated carbocycles. The van der Waals surface area contributed by atoms with Crippen LogP contribution in [0.25, 0.3) is 11.0 Å². The van der Waals surface area contributed by atoms with Crippen LogP contribution in [0.1, 0.15) is 23.9 Å². The summed E-state index contributed by atoms with van der Waals surface area (Å²) in [7, 11) is 0. The minimum absolute atomic E-state index is 0.678. The van der Waals surface area contributed by atoms with Crippen LogP contribution >= 0.6 is 0 Å². The van der Waals surface area contributed by atoms with Crippen molar-refractivity contribution in [1.82, 2.24) is 20.0 Å². The van der Waals surface area contributed by atoms with E-state index in [9.17, 15) is 0 Å². The molecule has 3 heterocycles. The SMILES string of the molecule is CCNCc1cn(Cc2cc(C)on2)c2ncccc12. The van der Waals surface area contributed by atoms with E-state index < -0.39 is 0 Å². The molecule has 0 radical (unpaired) electrons. The van der Waals surface area contributed by atoms with Crippen LogP contribution in [-0.2, 0) is 13.1 Å². The van der Waals surface area contributed by atoms with Crippen molar-refractivity contribution in [2.24, 2.45) is 0 Å². The van der Waals surface area contributed by atoms with Gasteiger partial charge in [-0.15, -0.1) is 0 Å². The quantitative estimate of drug-likeness (QED) is 0.774. The minimum atomic E-state index is 0.678. The number of fused-ring (bicyclic) bond motifs is 1. The lowest BCUT2D eigenvalue weighted by molar-refractivity contribution is 0.389. The van der Waals surface area contributed by atoms with Gasteiger partial charge in [-0.2, -0.15) is 0 Å². The first-order valence-corrected chi connectivity index (χ1v) is 6.83. The van der Waals surface area contributed by atoms with Crippen molar-refractivity contribution in [1.29, 1.82) is 0 Å². The summed E-state index contributed by atoms with van der Waals surface area (Å²) in [6, 6.07) is 6.04. The number of pyridine rings is 1. The van der Waals surface area contributed by atoms with E-state index in [4.69, 9.17) is 4.52 Å². The fraction of sp³-hybridized carbons (Fsp3) is 0.333. The number of aromatic nitrogens is 3. The Kier molecular flexibility index (Phi) is 3.52. The standard InChI is InChI=1S/C15H18N4O/c1-3-16-8-12-9-19(10-13-7-11(2)20-18-13)15-14(12)5-4-6-17-15/h4-7,9,16H,3,8,10H2,1-2H3. The van der Waals surface area contributed by atoms with Crippen molar-refractivity contribution in [2.75, 3.05) is 6.54 Å². The average molecular weight is 270 g/mol. The summed E-state index contributed by atoms with van der Waals surface area (Å²) in [5, 5.41) is 8.60. The summed E-state index contributed by atoms with van der Waals surface area (Å²) in [4.78, 5) is 4.49. The van der Waals surface area contributed by atoms with Crippen molar-refractivity contribution >= 4 is 11.0 Å². The summed E-state index contributed by atoms with van der Waals surface area (Å²) in [5.74, 6) is 0.831. The molecule has 0 fully saturated rings. The van der Waals surface area contributed by atoms with Gasteiger partial charge >= 0.3 is 0 Å². The predicted octanol–water partition coefficient (Wildman–Crippen LogP) is 2.49. The van der Waals surface area contributed by atoms with Crippen LogP contribution in [0.4, 0.5) is 0 Å². The molecular weight excluding hydrogens is 252 g/mol. The normalized spacial score (nSPS) is 11.3. The average Bonchev–Trinajstić information content (AvgIpc) is 3.02. The van der Waals surface area contributed by atoms with E-state index in [2.05, 4.69) is 39.2 Å². The van der Waals surface area contributed by atoms with Crippen LogP contribution in [0.5, 0.6) is 0 Å². The Labute approximate surface area is 117 Å². The maximum absolute atomic E-state index is 5.12. The minimum Gasteiger partial charge on any atom is -0.361 e. The number of hydrogen-bond acceptors (Lipinski definition) is 4. The highest BCUT2D eigenvalue weighted by molar-refractivity contribution is 5.80. The number of aryl methyl sites for hydroxylation is 1. The number of rotatable bonds is 5. The highest BCUT2D eigenvalue weighted by atomic mass is 16.5. The second-order valence-electron chi connectivity index (χ2n) is 4.87. The summed E-state index contributed by atoms with van der Waals surface area (Å²) in [6.45, 7) is 6.49. The fourth-order valence-corrected chi connectivity index (χ4v) is 2.38. The molecule has 0 saturated heterocycles. The molecule has 0 aliphatic carbocycles. The molecule has 3 aromatic heterocycles. The van der Waals surface area contributed by atoms with Crippen LogP contribution in [0.3, 0.4) is 0 Å². The van der Waals surface area contributed by atoms with Gasteiger partial charge in [0.05, 0.1) is 6.54 Å². The first-order valence-electron chi connectivity index (χ1n) is 6.83. The zero-order valence-corrected chi connectivity index (χ0v) is 11.8. The molecule has 104 valence electrons. The molecule has 3 rings (SSSR count). The molecular formula is C15H18N4O. The lowest BCUT2D eigenvalue weighted by atomic mass is 10.2. The molecule has 3 aromatic rings. The third-order valence-corrected chi connectivity index (χ3v) is 3.29. The third-order valence-electron chi connectivity index (χ3n) is 3.29. The lowest BCUT2D eigenvalue weighted by Crippen LogP contribution is -2.11. The summed E-state index contributed by atoms with van der Waals surface area (Å²) in [6.07, 6.45) is 3.97. The molecule has 0 amide bonds. The topological polar surface area (TPSA) is 55.9 Å². The Bertz CT molecular complexity index is 714. The molecule has 1 N–H and O–H groups in total. The Morgan fingerprint density at radius 2 is 2.30 bits per heavy atom. The Morgan fingerprint density at radius 1 is 1.40 bits per heavy atom. The molecule has 0 aromatic carbocycles. The van der Waals surface area contributed by atoms with Gasteiger partial charge in [-0.3, -0.25) is 0 Å². The second-order valence-corrected chi connectivity index (χ2v) is 4.87. The Hall–Kier alpha value is -2.14. The summed E-state index contributed by atoms with van der Waals surface area (Å²) in [5.41, 5.74) is 3.16. The first kappa shape index (κ1) is 12.9. The van der Waals surface area contributed by atoms with Crippen LogP contribution in [0.2, 0.25) is 0 Å². The summed E-state index contributed by atoms with van der Waals surface area (Å²) >= 11 is 0. The van der Waals surface area contributed by atoms with Gasteiger partial charge in [0.1, 0.15) is 17.1 Å². The molecule has 0 aliphatic rings. The highest BCUT2D eigenvalue weighted by Gasteiger charge is 2.10. The van der Waals surface area contributed by atoms with Gasteiger partial charge in [-0.05, 0) is 31.2 Å². The van der Waals surface area contributed by atoms with Gasteiger partial charge < -0.3 is 14.4 Å². The zero-order chi connectivity index (χ0) is 13.9. The smallest absolute Gasteiger partial charge is 0.140 e. The first-order chi connectivity index (χ1) is 9.78. The fourth-order valence-electron chi connectivity index (χ4n) is 2.38. The van der Waals surface area contributed by atoms with Crippen molar-refractivity contribution in [3.05, 3.63) is 47.6 Å². The van der Waals surface area contributed by atoms with Gasteiger partial charge in [-0.1, -0.05) is 12.1 Å². The molecule has 0 spiro atoms. The molecule has 5 nitrogen and oxygen atoms in total. The van der Waals surface area contributed by atoms with Gasteiger partial charge in [-0.25, -0.2) is 4.98 Å². The van der Waals surface area contributed by atoms with Crippen molar-refractivity contribution < 1.29 is 4.52 Å². The molecule has 20 heavy (non-hydrogen) atoms. The van der Waals surface area contributed by atoms with E-state index >= 15 is 0 Å². The van der Waals surface area contributed by atoms with E-state index in [0.717, 1.165) is 30.2 Å². The lowest BCUT2D eigenvalue weighted by Gasteiger charge is -2.00. The molecule has 0 unspecified atom stereocenters. The Balaban J connectivity index is 1.97. The molecule has 0 aliphatic heterocycles. The van der Waals surface area contributed by atoms with Crippen molar-refractivity contribution in [3.8, 4) is 0 Å². The van der Waals surface area contributed by atoms with Crippen molar-refractivity contribution in [3.63, 3.8) is 0 Å². The number of hydrogen-bond donors (Lipinski definition) is 1. The molecule has 0 bridgehead atoms. The van der Waals surface area contributed by atoms with Gasteiger partial charge in [0.2, 0.25) is 0 Å². The second kappa shape index (κ2) is 5.46. The van der Waals surface area contributed by atoms with E-state index in [-0.39, 0.29) is 0 Å². The maximum atomic E-state index is 5.12. The van der Waals surface area contributed by atoms with E-state index in [1.165, 1.54) is 10.9 Å². The van der Waals surface area contributed by atoms with Gasteiger partial charge in [0.25, 0.3) is 0 Å². The monoisotopic (exact) mass is 270 g/mol. The third kappa shape index (κ3) is 2.44. The Morgan fingerprint density at radius 3 is 3.05 bits per heavy atom. The van der Waals surface area contributed by atoms with Gasteiger partial charge in [0.15, 0.2) is 0 Å². The maximum Gasteiger partial charge on any atom is 0.140 e. The number of nitrogens with one attached hydrogen (secondary N) is 1. The number of nitrogens with zero attached hydrogens (tertiary/aromatic N) is 3. The van der Waals surface area contributed by atoms with Gasteiger partial charge in [0, 0.05) is 30.4 Å². The molecule has 0 atom stereocenters. The largest absolute Gasteiger partial charge is 0.361 e. The van der Waals surface area contributed by atoms with E-state index in [1.807, 2.05) is 25.3 Å². The zero-order valence-electron chi connectivity index (χ0n) is 11.8. The summed E-state index contributed by atoms with van der Waals surface area (Å²) < 4.78 is 7.25. The van der Waals surface area contributed by atoms with E-state index in [1.54, 1.807) is 0 Å². The highest BCUT2D eigenvalue weighted by Crippen LogP contribution is 2.20. The predicted molar refractivity (Wildman–Crippen MR) is 77.5 cm³/mol. The van der Waals surface area contributed by atoms with Crippen molar-refractivity contribution in [2.45, 2.75) is 26.9 Å².